The van der Waals surface area contributed by atoms with Gasteiger partial charge in [0.05, 0.1) is 0 Å². The van der Waals surface area contributed by atoms with Crippen molar-refractivity contribution in [3.8, 4) is 0 Å². The Morgan fingerprint density at radius 3 is 2.62 bits per heavy atom. The first-order chi connectivity index (χ1) is 10.2. The van der Waals surface area contributed by atoms with Gasteiger partial charge in [-0.05, 0) is 44.6 Å². The molecule has 4 nitrogen and oxygen atoms in total. The van der Waals surface area contributed by atoms with E-state index >= 15 is 0 Å². The van der Waals surface area contributed by atoms with Crippen LogP contribution in [0.4, 0.5) is 0 Å². The molecule has 1 fully saturated rings. The number of hydrogen-bond acceptors (Lipinski definition) is 3. The van der Waals surface area contributed by atoms with E-state index in [-0.39, 0.29) is 0 Å². The molecule has 1 aliphatic rings. The summed E-state index contributed by atoms with van der Waals surface area (Å²) in [5, 5.41) is 6.98. The van der Waals surface area contributed by atoms with Gasteiger partial charge in [-0.1, -0.05) is 12.2 Å². The van der Waals surface area contributed by atoms with Crippen LogP contribution >= 0.6 is 11.8 Å². The van der Waals surface area contributed by atoms with E-state index in [1.165, 1.54) is 37.0 Å². The summed E-state index contributed by atoms with van der Waals surface area (Å²) in [6.07, 6.45) is 7.00. The van der Waals surface area contributed by atoms with Crippen LogP contribution in [0.25, 0.3) is 0 Å². The van der Waals surface area contributed by atoms with E-state index in [9.17, 15) is 0 Å². The summed E-state index contributed by atoms with van der Waals surface area (Å²) in [6.45, 7) is 10.4. The van der Waals surface area contributed by atoms with Crippen molar-refractivity contribution in [2.45, 2.75) is 38.6 Å². The molecule has 0 spiro atoms. The molecule has 21 heavy (non-hydrogen) atoms. The molecule has 0 atom stereocenters. The largest absolute Gasteiger partial charge is 0.356 e. The molecule has 122 valence electrons. The van der Waals surface area contributed by atoms with E-state index in [0.717, 1.165) is 32.1 Å². The lowest BCUT2D eigenvalue weighted by Gasteiger charge is -2.33. The summed E-state index contributed by atoms with van der Waals surface area (Å²) < 4.78 is 0. The number of likely N-dealkylation sites (tertiary alicyclic amines) is 1. The van der Waals surface area contributed by atoms with E-state index in [4.69, 9.17) is 0 Å². The lowest BCUT2D eigenvalue weighted by atomic mass is 10.0. The predicted octanol–water partition coefficient (Wildman–Crippen LogP) is 2.34. The van der Waals surface area contributed by atoms with Crippen LogP contribution in [0.5, 0.6) is 0 Å². The molecule has 1 rings (SSSR count). The van der Waals surface area contributed by atoms with E-state index in [1.54, 1.807) is 0 Å². The van der Waals surface area contributed by atoms with Crippen molar-refractivity contribution >= 4 is 17.7 Å². The van der Waals surface area contributed by atoms with Crippen LogP contribution in [0.1, 0.15) is 32.6 Å². The van der Waals surface area contributed by atoms with Gasteiger partial charge in [0.25, 0.3) is 0 Å². The quantitative estimate of drug-likeness (QED) is 0.312. The molecule has 0 unspecified atom stereocenters. The number of nitrogens with zero attached hydrogens (tertiary/aromatic N) is 2. The molecule has 0 aromatic rings. The van der Waals surface area contributed by atoms with Crippen LogP contribution in [0.15, 0.2) is 17.1 Å². The molecule has 0 bridgehead atoms. The molecule has 0 saturated carbocycles. The van der Waals surface area contributed by atoms with Gasteiger partial charge in [-0.25, -0.2) is 0 Å². The molecule has 1 aliphatic heterocycles. The Labute approximate surface area is 134 Å². The molecular formula is C16H32N4S. The standard InChI is InChI=1S/C16H32N4S/c1-14(2)13-20-10-7-15(8-11-20)19-16(17-3)18-9-5-6-12-21-4/h15H,1,5-13H2,2-4H3,(H2,17,18,19). The number of nitrogens with one attached hydrogen (secondary N) is 2. The highest BCUT2D eigenvalue weighted by Gasteiger charge is 2.19. The maximum Gasteiger partial charge on any atom is 0.191 e. The van der Waals surface area contributed by atoms with E-state index < -0.39 is 0 Å². The van der Waals surface area contributed by atoms with Crippen molar-refractivity contribution in [1.29, 1.82) is 0 Å². The Balaban J connectivity index is 2.18. The number of piperidine rings is 1. The van der Waals surface area contributed by atoms with Gasteiger partial charge < -0.3 is 10.6 Å². The van der Waals surface area contributed by atoms with Gasteiger partial charge in [0.1, 0.15) is 0 Å². The zero-order chi connectivity index (χ0) is 15.5. The molecule has 5 heteroatoms. The summed E-state index contributed by atoms with van der Waals surface area (Å²) in [4.78, 5) is 6.81. The third-order valence-electron chi connectivity index (χ3n) is 3.71. The van der Waals surface area contributed by atoms with Crippen molar-refractivity contribution in [2.24, 2.45) is 4.99 Å². The molecule has 2 N–H and O–H groups in total. The fourth-order valence-corrected chi connectivity index (χ4v) is 3.08. The van der Waals surface area contributed by atoms with Gasteiger partial charge in [-0.15, -0.1) is 0 Å². The smallest absolute Gasteiger partial charge is 0.191 e. The van der Waals surface area contributed by atoms with Gasteiger partial charge in [-0.3, -0.25) is 9.89 Å². The van der Waals surface area contributed by atoms with Crippen LogP contribution < -0.4 is 10.6 Å². The fraction of sp³-hybridized carbons (Fsp3) is 0.812. The fourth-order valence-electron chi connectivity index (χ4n) is 2.58. The third kappa shape index (κ3) is 8.37. The number of rotatable bonds is 8. The monoisotopic (exact) mass is 312 g/mol. The van der Waals surface area contributed by atoms with E-state index in [1.807, 2.05) is 18.8 Å². The SMILES string of the molecule is C=C(C)CN1CCC(NC(=NC)NCCCCSC)CC1. The summed E-state index contributed by atoms with van der Waals surface area (Å²) in [5.41, 5.74) is 1.25. The Morgan fingerprint density at radius 2 is 2.05 bits per heavy atom. The topological polar surface area (TPSA) is 39.7 Å². The summed E-state index contributed by atoms with van der Waals surface area (Å²) in [6, 6.07) is 0.545. The third-order valence-corrected chi connectivity index (χ3v) is 4.41. The van der Waals surface area contributed by atoms with Crippen molar-refractivity contribution in [3.63, 3.8) is 0 Å². The predicted molar refractivity (Wildman–Crippen MR) is 96.4 cm³/mol. The van der Waals surface area contributed by atoms with Crippen molar-refractivity contribution in [2.75, 3.05) is 45.2 Å². The van der Waals surface area contributed by atoms with Crippen molar-refractivity contribution in [3.05, 3.63) is 12.2 Å². The first-order valence-corrected chi connectivity index (χ1v) is 9.38. The zero-order valence-corrected chi connectivity index (χ0v) is 14.8. The van der Waals surface area contributed by atoms with Gasteiger partial charge in [-0.2, -0.15) is 11.8 Å². The Kier molecular flexibility index (Phi) is 9.59. The minimum atomic E-state index is 0.545. The average Bonchev–Trinajstić information content (AvgIpc) is 2.47. The van der Waals surface area contributed by atoms with Crippen LogP contribution in [-0.2, 0) is 0 Å². The van der Waals surface area contributed by atoms with Gasteiger partial charge in [0.15, 0.2) is 5.96 Å². The maximum atomic E-state index is 4.33. The highest BCUT2D eigenvalue weighted by molar-refractivity contribution is 7.98. The van der Waals surface area contributed by atoms with Crippen LogP contribution in [0, 0.1) is 0 Å². The van der Waals surface area contributed by atoms with Crippen LogP contribution in [0.2, 0.25) is 0 Å². The Bertz CT molecular complexity index is 322. The van der Waals surface area contributed by atoms with E-state index in [2.05, 4.69) is 40.3 Å². The molecular weight excluding hydrogens is 280 g/mol. The summed E-state index contributed by atoms with van der Waals surface area (Å²) >= 11 is 1.91. The number of unbranched alkanes of at least 4 members (excludes halogenated alkanes) is 1. The van der Waals surface area contributed by atoms with Crippen LogP contribution in [-0.4, -0.2) is 62.1 Å². The molecule has 1 heterocycles. The normalized spacial score (nSPS) is 17.8. The molecule has 0 aromatic heterocycles. The van der Waals surface area contributed by atoms with Crippen molar-refractivity contribution in [1.82, 2.24) is 15.5 Å². The Morgan fingerprint density at radius 1 is 1.33 bits per heavy atom. The summed E-state index contributed by atoms with van der Waals surface area (Å²) in [7, 11) is 1.85. The second-order valence-corrected chi connectivity index (χ2v) is 6.84. The first kappa shape index (κ1) is 18.4. The second kappa shape index (κ2) is 11.0. The number of hydrogen-bond donors (Lipinski definition) is 2. The highest BCUT2D eigenvalue weighted by Crippen LogP contribution is 2.11. The molecule has 0 aliphatic carbocycles. The maximum absolute atomic E-state index is 4.33. The molecule has 0 aromatic carbocycles. The minimum absolute atomic E-state index is 0.545. The lowest BCUT2D eigenvalue weighted by Crippen LogP contribution is -2.49. The van der Waals surface area contributed by atoms with Crippen LogP contribution in [0.3, 0.4) is 0 Å². The van der Waals surface area contributed by atoms with Gasteiger partial charge >= 0.3 is 0 Å². The molecule has 1 saturated heterocycles. The highest BCUT2D eigenvalue weighted by atomic mass is 32.2. The molecule has 0 amide bonds. The van der Waals surface area contributed by atoms with E-state index in [0.29, 0.717) is 6.04 Å². The van der Waals surface area contributed by atoms with Crippen molar-refractivity contribution < 1.29 is 0 Å². The Hall–Kier alpha value is -0.680. The number of aliphatic imine (C=N–C) groups is 1. The number of thioether (sulfide) groups is 1. The minimum Gasteiger partial charge on any atom is -0.356 e. The number of guanidine groups is 1. The average molecular weight is 313 g/mol. The first-order valence-electron chi connectivity index (χ1n) is 7.98. The van der Waals surface area contributed by atoms with Gasteiger partial charge in [0, 0.05) is 39.3 Å². The molecule has 0 radical (unpaired) electrons. The zero-order valence-electron chi connectivity index (χ0n) is 14.0. The second-order valence-electron chi connectivity index (χ2n) is 5.85. The lowest BCUT2D eigenvalue weighted by molar-refractivity contribution is 0.221. The van der Waals surface area contributed by atoms with Gasteiger partial charge in [0.2, 0.25) is 0 Å². The summed E-state index contributed by atoms with van der Waals surface area (Å²) in [5.74, 6) is 2.20.